The molecule has 12 heteroatoms. The Hall–Kier alpha value is -4.32. The van der Waals surface area contributed by atoms with Gasteiger partial charge in [0, 0.05) is 36.3 Å². The van der Waals surface area contributed by atoms with Crippen molar-refractivity contribution in [2.24, 2.45) is 0 Å². The second-order valence-corrected chi connectivity index (χ2v) is 7.90. The number of hydrogen-bond acceptors (Lipinski definition) is 8. The molecule has 0 saturated carbocycles. The number of methoxy groups -OCH3 is 1. The van der Waals surface area contributed by atoms with Gasteiger partial charge in [0.05, 0.1) is 16.9 Å². The molecule has 2 aromatic carbocycles. The van der Waals surface area contributed by atoms with Crippen molar-refractivity contribution >= 4 is 39.2 Å². The van der Waals surface area contributed by atoms with Crippen LogP contribution >= 0.6 is 0 Å². The molecule has 11 nitrogen and oxygen atoms in total. The summed E-state index contributed by atoms with van der Waals surface area (Å²) in [6.07, 6.45) is 5.44. The number of amides is 1. The van der Waals surface area contributed by atoms with Crippen molar-refractivity contribution in [3.05, 3.63) is 82.7 Å². The van der Waals surface area contributed by atoms with Gasteiger partial charge in [-0.1, -0.05) is 0 Å². The maximum absolute atomic E-state index is 12.6. The normalized spacial score (nSPS) is 11.2. The molecule has 0 atom stereocenters. The van der Waals surface area contributed by atoms with Crippen LogP contribution in [0.5, 0.6) is 5.88 Å². The van der Waals surface area contributed by atoms with Crippen LogP contribution in [0, 0.1) is 10.1 Å². The second kappa shape index (κ2) is 9.66. The third-order valence-corrected chi connectivity index (χ3v) is 5.41. The van der Waals surface area contributed by atoms with Gasteiger partial charge >= 0.3 is 0 Å². The molecule has 3 rings (SSSR count). The molecule has 1 aromatic heterocycles. The minimum absolute atomic E-state index is 0.0276. The fourth-order valence-electron chi connectivity index (χ4n) is 2.51. The number of hydrogen-bond donors (Lipinski definition) is 2. The van der Waals surface area contributed by atoms with Crippen LogP contribution < -0.4 is 14.8 Å². The fraction of sp³-hybridized carbons (Fsp3) is 0.0500. The number of anilines is 2. The van der Waals surface area contributed by atoms with E-state index in [0.717, 1.165) is 0 Å². The van der Waals surface area contributed by atoms with Gasteiger partial charge in [-0.2, -0.15) is 0 Å². The lowest BCUT2D eigenvalue weighted by molar-refractivity contribution is -0.384. The van der Waals surface area contributed by atoms with Crippen molar-refractivity contribution in [3.8, 4) is 5.88 Å². The lowest BCUT2D eigenvalue weighted by Gasteiger charge is -2.10. The number of rotatable bonds is 8. The lowest BCUT2D eigenvalue weighted by Crippen LogP contribution is -2.15. The molecule has 164 valence electrons. The highest BCUT2D eigenvalue weighted by Gasteiger charge is 2.18. The van der Waals surface area contributed by atoms with Crippen molar-refractivity contribution in [1.82, 2.24) is 9.97 Å². The molecule has 1 amide bonds. The number of carbonyl (C=O) groups excluding carboxylic acids is 1. The van der Waals surface area contributed by atoms with Crippen LogP contribution in [0.4, 0.5) is 17.2 Å². The molecule has 0 unspecified atom stereocenters. The molecule has 0 aliphatic heterocycles. The third kappa shape index (κ3) is 5.64. The molecule has 1 heterocycles. The van der Waals surface area contributed by atoms with E-state index in [1.165, 1.54) is 80.2 Å². The summed E-state index contributed by atoms with van der Waals surface area (Å²) in [5.41, 5.74) is 0.936. The van der Waals surface area contributed by atoms with E-state index < -0.39 is 20.9 Å². The maximum atomic E-state index is 12.6. The Kier molecular flexibility index (Phi) is 6.75. The minimum Gasteiger partial charge on any atom is -0.478 e. The number of nitro benzene ring substituents is 1. The van der Waals surface area contributed by atoms with Crippen LogP contribution in [-0.2, 0) is 14.8 Å². The number of nitro groups is 1. The highest BCUT2D eigenvalue weighted by Crippen LogP contribution is 2.22. The first-order valence-electron chi connectivity index (χ1n) is 9.00. The van der Waals surface area contributed by atoms with E-state index in [4.69, 9.17) is 4.74 Å². The predicted octanol–water partition coefficient (Wildman–Crippen LogP) is 2.85. The smallest absolute Gasteiger partial charge is 0.269 e. The van der Waals surface area contributed by atoms with E-state index in [-0.39, 0.29) is 22.3 Å². The van der Waals surface area contributed by atoms with Gasteiger partial charge in [-0.3, -0.25) is 19.6 Å². The molecule has 0 radical (unpaired) electrons. The van der Waals surface area contributed by atoms with Gasteiger partial charge in [0.1, 0.15) is 0 Å². The Bertz CT molecular complexity index is 1260. The minimum atomic E-state index is -3.95. The standard InChI is InChI=1S/C20H17N5O6S/c1-31-20-19(21-12-13-22-20)24-32(29,30)17-9-5-15(6-10-17)23-18(26)11-4-14-2-7-16(8-3-14)25(27)28/h2-13H,1H3,(H,21,24)(H,23,26)/b11-4+. The van der Waals surface area contributed by atoms with Gasteiger partial charge in [0.2, 0.25) is 11.7 Å². The van der Waals surface area contributed by atoms with Crippen LogP contribution in [0.3, 0.4) is 0 Å². The number of nitrogens with zero attached hydrogens (tertiary/aromatic N) is 3. The number of ether oxygens (including phenoxy) is 1. The summed E-state index contributed by atoms with van der Waals surface area (Å²) in [6, 6.07) is 11.2. The molecule has 0 aliphatic carbocycles. The monoisotopic (exact) mass is 455 g/mol. The molecule has 0 fully saturated rings. The summed E-state index contributed by atoms with van der Waals surface area (Å²) in [5.74, 6) is -0.482. The highest BCUT2D eigenvalue weighted by molar-refractivity contribution is 7.92. The molecule has 3 aromatic rings. The SMILES string of the molecule is COc1nccnc1NS(=O)(=O)c1ccc(NC(=O)/C=C/c2ccc([N+](=O)[O-])cc2)cc1. The van der Waals surface area contributed by atoms with Crippen LogP contribution in [-0.4, -0.2) is 36.3 Å². The van der Waals surface area contributed by atoms with Gasteiger partial charge in [0.25, 0.3) is 21.6 Å². The number of aromatic nitrogens is 2. The number of benzene rings is 2. The van der Waals surface area contributed by atoms with E-state index >= 15 is 0 Å². The molecule has 0 spiro atoms. The molecule has 2 N–H and O–H groups in total. The first-order valence-corrected chi connectivity index (χ1v) is 10.5. The molecule has 0 saturated heterocycles. The average Bonchev–Trinajstić information content (AvgIpc) is 2.78. The van der Waals surface area contributed by atoms with Crippen LogP contribution in [0.15, 0.2) is 71.9 Å². The first kappa shape index (κ1) is 22.4. The fourth-order valence-corrected chi connectivity index (χ4v) is 3.52. The Labute approximate surface area is 183 Å². The highest BCUT2D eigenvalue weighted by atomic mass is 32.2. The van der Waals surface area contributed by atoms with Crippen molar-refractivity contribution in [1.29, 1.82) is 0 Å². The van der Waals surface area contributed by atoms with Gasteiger partial charge in [-0.25, -0.2) is 18.4 Å². The van der Waals surface area contributed by atoms with Gasteiger partial charge in [0.15, 0.2) is 0 Å². The lowest BCUT2D eigenvalue weighted by atomic mass is 10.2. The number of carbonyl (C=O) groups is 1. The molecular formula is C20H17N5O6S. The van der Waals surface area contributed by atoms with E-state index in [1.54, 1.807) is 0 Å². The van der Waals surface area contributed by atoms with E-state index in [0.29, 0.717) is 11.3 Å². The third-order valence-electron chi connectivity index (χ3n) is 4.05. The topological polar surface area (TPSA) is 153 Å². The summed E-state index contributed by atoms with van der Waals surface area (Å²) < 4.78 is 32.4. The average molecular weight is 455 g/mol. The van der Waals surface area contributed by atoms with E-state index in [2.05, 4.69) is 20.0 Å². The van der Waals surface area contributed by atoms with Crippen LogP contribution in [0.1, 0.15) is 5.56 Å². The Morgan fingerprint density at radius 3 is 2.34 bits per heavy atom. The largest absolute Gasteiger partial charge is 0.478 e. The summed E-state index contributed by atoms with van der Waals surface area (Å²) in [5, 5.41) is 13.3. The van der Waals surface area contributed by atoms with Crippen molar-refractivity contribution in [3.63, 3.8) is 0 Å². The molecule has 0 aliphatic rings. The number of sulfonamides is 1. The van der Waals surface area contributed by atoms with Crippen LogP contribution in [0.25, 0.3) is 6.08 Å². The second-order valence-electron chi connectivity index (χ2n) is 6.22. The van der Waals surface area contributed by atoms with Crippen LogP contribution in [0.2, 0.25) is 0 Å². The number of non-ortho nitro benzene ring substituents is 1. The Balaban J connectivity index is 1.64. The summed E-state index contributed by atoms with van der Waals surface area (Å²) >= 11 is 0. The quantitative estimate of drug-likeness (QED) is 0.299. The zero-order valence-corrected chi connectivity index (χ0v) is 17.4. The van der Waals surface area contributed by atoms with Gasteiger partial charge in [-0.15, -0.1) is 0 Å². The zero-order valence-electron chi connectivity index (χ0n) is 16.6. The van der Waals surface area contributed by atoms with E-state index in [1.807, 2.05) is 0 Å². The van der Waals surface area contributed by atoms with Crippen molar-refractivity contribution in [2.75, 3.05) is 17.1 Å². The van der Waals surface area contributed by atoms with E-state index in [9.17, 15) is 23.3 Å². The Morgan fingerprint density at radius 1 is 1.06 bits per heavy atom. The maximum Gasteiger partial charge on any atom is 0.269 e. The molecule has 32 heavy (non-hydrogen) atoms. The van der Waals surface area contributed by atoms with Gasteiger partial charge < -0.3 is 10.1 Å². The summed E-state index contributed by atoms with van der Waals surface area (Å²) in [7, 11) is -2.61. The summed E-state index contributed by atoms with van der Waals surface area (Å²) in [4.78, 5) is 30.0. The summed E-state index contributed by atoms with van der Waals surface area (Å²) in [6.45, 7) is 0. The Morgan fingerprint density at radius 2 is 1.72 bits per heavy atom. The molecular weight excluding hydrogens is 438 g/mol. The van der Waals surface area contributed by atoms with Gasteiger partial charge in [-0.05, 0) is 48.0 Å². The van der Waals surface area contributed by atoms with Crippen molar-refractivity contribution in [2.45, 2.75) is 4.90 Å². The zero-order chi connectivity index (χ0) is 23.1. The number of nitrogens with one attached hydrogen (secondary N) is 2. The van der Waals surface area contributed by atoms with Crippen molar-refractivity contribution < 1.29 is 22.9 Å². The predicted molar refractivity (Wildman–Crippen MR) is 117 cm³/mol. The first-order chi connectivity index (χ1) is 15.3. The molecule has 0 bridgehead atoms.